The van der Waals surface area contributed by atoms with Crippen molar-refractivity contribution in [2.45, 2.75) is 30.1 Å². The predicted octanol–water partition coefficient (Wildman–Crippen LogP) is -0.512. The van der Waals surface area contributed by atoms with Gasteiger partial charge in [-0.3, -0.25) is 4.99 Å². The summed E-state index contributed by atoms with van der Waals surface area (Å²) in [5.41, 5.74) is -0.0528. The summed E-state index contributed by atoms with van der Waals surface area (Å²) in [6.45, 7) is -0.137. The van der Waals surface area contributed by atoms with Gasteiger partial charge in [0, 0.05) is 20.5 Å². The van der Waals surface area contributed by atoms with Gasteiger partial charge in [-0.25, -0.2) is 0 Å². The highest BCUT2D eigenvalue weighted by atomic mass is 32.2. The van der Waals surface area contributed by atoms with Crippen molar-refractivity contribution in [2.75, 3.05) is 20.7 Å². The van der Waals surface area contributed by atoms with E-state index in [0.29, 0.717) is 6.42 Å². The van der Waals surface area contributed by atoms with Crippen LogP contribution in [0.3, 0.4) is 0 Å². The highest BCUT2D eigenvalue weighted by Gasteiger charge is 2.41. The molecule has 0 saturated carbocycles. The number of amidine groups is 1. The number of hydrogen-bond acceptors (Lipinski definition) is 6. The van der Waals surface area contributed by atoms with Gasteiger partial charge >= 0.3 is 0 Å². The molecule has 0 spiro atoms. The number of rotatable bonds is 1. The van der Waals surface area contributed by atoms with Gasteiger partial charge in [0.05, 0.1) is 18.8 Å². The van der Waals surface area contributed by atoms with E-state index in [0.717, 1.165) is 5.17 Å². The Morgan fingerprint density at radius 3 is 2.93 bits per heavy atom. The summed E-state index contributed by atoms with van der Waals surface area (Å²) in [5.74, 6) is 0. The zero-order valence-corrected chi connectivity index (χ0v) is 9.65. The van der Waals surface area contributed by atoms with Gasteiger partial charge in [0.15, 0.2) is 5.17 Å². The van der Waals surface area contributed by atoms with Gasteiger partial charge in [0.2, 0.25) is 0 Å². The van der Waals surface area contributed by atoms with Crippen molar-refractivity contribution >= 4 is 16.9 Å². The fourth-order valence-electron chi connectivity index (χ4n) is 1.75. The molecule has 5 nitrogen and oxygen atoms in total. The lowest BCUT2D eigenvalue weighted by Crippen LogP contribution is -2.45. The SMILES string of the molecule is CN(C)C1=N[C@@H]2C[C@H](O)C(CO)O[C@@H]2S1. The molecule has 2 N–H and O–H groups in total. The maximum Gasteiger partial charge on any atom is 0.161 e. The number of hydrogen-bond donors (Lipinski definition) is 2. The minimum Gasteiger partial charge on any atom is -0.394 e. The zero-order chi connectivity index (χ0) is 11.0. The first-order valence-electron chi connectivity index (χ1n) is 4.98. The van der Waals surface area contributed by atoms with Crippen LogP contribution in [0.4, 0.5) is 0 Å². The molecule has 15 heavy (non-hydrogen) atoms. The van der Waals surface area contributed by atoms with Gasteiger partial charge in [0.1, 0.15) is 11.5 Å². The molecule has 2 heterocycles. The van der Waals surface area contributed by atoms with Crippen LogP contribution in [0.25, 0.3) is 0 Å². The number of aliphatic hydroxyl groups excluding tert-OH is 2. The minimum absolute atomic E-state index is 0.0187. The van der Waals surface area contributed by atoms with E-state index in [1.165, 1.54) is 0 Å². The number of fused-ring (bicyclic) bond motifs is 1. The van der Waals surface area contributed by atoms with Crippen LogP contribution in [-0.4, -0.2) is 64.7 Å². The van der Waals surface area contributed by atoms with Crippen LogP contribution in [-0.2, 0) is 4.74 Å². The molecule has 2 aliphatic heterocycles. The molecule has 6 heteroatoms. The van der Waals surface area contributed by atoms with E-state index in [-0.39, 0.29) is 18.1 Å². The van der Waals surface area contributed by atoms with Crippen LogP contribution >= 0.6 is 11.8 Å². The van der Waals surface area contributed by atoms with Crippen molar-refractivity contribution in [3.05, 3.63) is 0 Å². The number of aliphatic imine (C=N–C) groups is 1. The second-order valence-corrected chi connectivity index (χ2v) is 5.09. The Morgan fingerprint density at radius 2 is 2.33 bits per heavy atom. The molecule has 0 aliphatic carbocycles. The maximum absolute atomic E-state index is 9.66. The van der Waals surface area contributed by atoms with E-state index in [1.54, 1.807) is 11.8 Å². The average molecular weight is 232 g/mol. The van der Waals surface area contributed by atoms with E-state index in [9.17, 15) is 5.11 Å². The van der Waals surface area contributed by atoms with Crippen LogP contribution in [0.1, 0.15) is 6.42 Å². The third-order valence-corrected chi connectivity index (χ3v) is 3.93. The quantitative estimate of drug-likeness (QED) is 0.637. The smallest absolute Gasteiger partial charge is 0.161 e. The van der Waals surface area contributed by atoms with E-state index in [2.05, 4.69) is 4.99 Å². The summed E-state index contributed by atoms with van der Waals surface area (Å²) in [6, 6.07) is 0.0187. The van der Waals surface area contributed by atoms with E-state index >= 15 is 0 Å². The predicted molar refractivity (Wildman–Crippen MR) is 58.9 cm³/mol. The third kappa shape index (κ3) is 2.13. The molecule has 2 aliphatic rings. The highest BCUT2D eigenvalue weighted by molar-refractivity contribution is 8.14. The molecule has 0 aromatic rings. The lowest BCUT2D eigenvalue weighted by Gasteiger charge is -2.33. The molecular formula is C9H16N2O3S. The first kappa shape index (κ1) is 11.2. The second kappa shape index (κ2) is 4.29. The molecule has 86 valence electrons. The Kier molecular flexibility index (Phi) is 3.20. The summed E-state index contributed by atoms with van der Waals surface area (Å²) < 4.78 is 5.57. The number of thioether (sulfide) groups is 1. The number of ether oxygens (including phenoxy) is 1. The van der Waals surface area contributed by atoms with Gasteiger partial charge in [-0.15, -0.1) is 0 Å². The first-order chi connectivity index (χ1) is 7.11. The Hall–Kier alpha value is -0.300. The van der Waals surface area contributed by atoms with Gasteiger partial charge in [-0.2, -0.15) is 0 Å². The van der Waals surface area contributed by atoms with Gasteiger partial charge in [-0.05, 0) is 0 Å². The number of aliphatic hydroxyl groups is 2. The summed E-state index contributed by atoms with van der Waals surface area (Å²) in [5, 5.41) is 19.6. The van der Waals surface area contributed by atoms with Crippen molar-refractivity contribution in [3.8, 4) is 0 Å². The Morgan fingerprint density at radius 1 is 1.60 bits per heavy atom. The monoisotopic (exact) mass is 232 g/mol. The Bertz CT molecular complexity index is 272. The summed E-state index contributed by atoms with van der Waals surface area (Å²) in [6.07, 6.45) is -0.502. The van der Waals surface area contributed by atoms with Gasteiger partial charge < -0.3 is 19.8 Å². The van der Waals surface area contributed by atoms with Gasteiger partial charge in [-0.1, -0.05) is 11.8 Å². The van der Waals surface area contributed by atoms with Gasteiger partial charge in [0.25, 0.3) is 0 Å². The summed E-state index contributed by atoms with van der Waals surface area (Å²) in [7, 11) is 3.87. The molecule has 1 fully saturated rings. The fourth-order valence-corrected chi connectivity index (χ4v) is 2.89. The van der Waals surface area contributed by atoms with Crippen LogP contribution in [0.2, 0.25) is 0 Å². The average Bonchev–Trinajstić information content (AvgIpc) is 2.59. The Balaban J connectivity index is 2.04. The van der Waals surface area contributed by atoms with E-state index in [1.807, 2.05) is 19.0 Å². The minimum atomic E-state index is -0.609. The summed E-state index contributed by atoms with van der Waals surface area (Å²) in [4.78, 5) is 6.40. The zero-order valence-electron chi connectivity index (χ0n) is 8.83. The summed E-state index contributed by atoms with van der Waals surface area (Å²) >= 11 is 1.56. The topological polar surface area (TPSA) is 65.3 Å². The first-order valence-corrected chi connectivity index (χ1v) is 5.86. The molecule has 0 aromatic heterocycles. The fraction of sp³-hybridized carbons (Fsp3) is 0.889. The van der Waals surface area contributed by atoms with Crippen molar-refractivity contribution in [1.82, 2.24) is 4.90 Å². The van der Waals surface area contributed by atoms with E-state index < -0.39 is 12.2 Å². The lowest BCUT2D eigenvalue weighted by atomic mass is 10.0. The van der Waals surface area contributed by atoms with Crippen molar-refractivity contribution in [2.24, 2.45) is 4.99 Å². The van der Waals surface area contributed by atoms with Crippen LogP contribution in [0.5, 0.6) is 0 Å². The molecule has 0 amide bonds. The van der Waals surface area contributed by atoms with Crippen LogP contribution in [0.15, 0.2) is 4.99 Å². The van der Waals surface area contributed by atoms with Crippen molar-refractivity contribution < 1.29 is 14.9 Å². The van der Waals surface area contributed by atoms with Crippen LogP contribution < -0.4 is 0 Å². The van der Waals surface area contributed by atoms with E-state index in [4.69, 9.17) is 9.84 Å². The van der Waals surface area contributed by atoms with Crippen molar-refractivity contribution in [1.29, 1.82) is 0 Å². The lowest BCUT2D eigenvalue weighted by molar-refractivity contribution is -0.111. The molecule has 1 saturated heterocycles. The molecule has 4 atom stereocenters. The molecule has 1 unspecified atom stereocenters. The van der Waals surface area contributed by atoms with Crippen LogP contribution in [0, 0.1) is 0 Å². The van der Waals surface area contributed by atoms with Crippen molar-refractivity contribution in [3.63, 3.8) is 0 Å². The standard InChI is InChI=1S/C9H16N2O3S/c1-11(2)9-10-5-3-6(13)7(4-12)14-8(5)15-9/h5-8,12-13H,3-4H2,1-2H3/t5-,6+,7?,8-/m1/s1. The molecule has 0 aromatic carbocycles. The molecule has 0 radical (unpaired) electrons. The number of nitrogens with zero attached hydrogens (tertiary/aromatic N) is 2. The highest BCUT2D eigenvalue weighted by Crippen LogP contribution is 2.36. The third-order valence-electron chi connectivity index (χ3n) is 2.60. The largest absolute Gasteiger partial charge is 0.394 e. The second-order valence-electron chi connectivity index (χ2n) is 4.02. The maximum atomic E-state index is 9.66. The Labute approximate surface area is 93.1 Å². The molecular weight excluding hydrogens is 216 g/mol. The molecule has 0 bridgehead atoms. The normalized spacial score (nSPS) is 39.9. The molecule has 2 rings (SSSR count).